The first kappa shape index (κ1) is 19.8. The Bertz CT molecular complexity index is 998. The largest absolute Gasteiger partial charge is 0.493 e. The van der Waals surface area contributed by atoms with Crippen LogP contribution >= 0.6 is 34.5 Å². The summed E-state index contributed by atoms with van der Waals surface area (Å²) in [5.41, 5.74) is 5.05. The summed E-state index contributed by atoms with van der Waals surface area (Å²) < 4.78 is 6.03. The second-order valence-electron chi connectivity index (χ2n) is 7.25. The van der Waals surface area contributed by atoms with Gasteiger partial charge in [0.15, 0.2) is 0 Å². The smallest absolute Gasteiger partial charge is 0.123 e. The molecule has 0 bridgehead atoms. The van der Waals surface area contributed by atoms with Gasteiger partial charge in [0.1, 0.15) is 10.8 Å². The first-order valence-corrected chi connectivity index (χ1v) is 11.3. The van der Waals surface area contributed by atoms with Crippen molar-refractivity contribution in [1.82, 2.24) is 4.98 Å². The van der Waals surface area contributed by atoms with Crippen LogP contribution in [0.15, 0.2) is 36.4 Å². The summed E-state index contributed by atoms with van der Waals surface area (Å²) in [6, 6.07) is 12.2. The van der Waals surface area contributed by atoms with E-state index in [2.05, 4.69) is 32.0 Å². The molecular weight excluding hydrogens is 409 g/mol. The zero-order valence-electron chi connectivity index (χ0n) is 16.1. The van der Waals surface area contributed by atoms with Gasteiger partial charge in [0, 0.05) is 16.9 Å². The molecule has 1 heterocycles. The van der Waals surface area contributed by atoms with Gasteiger partial charge < -0.3 is 4.74 Å². The lowest BCUT2D eigenvalue weighted by molar-refractivity contribution is 0.320. The summed E-state index contributed by atoms with van der Waals surface area (Å²) in [7, 11) is 0. The van der Waals surface area contributed by atoms with Gasteiger partial charge in [-0.2, -0.15) is 0 Å². The molecule has 0 saturated heterocycles. The molecule has 2 nitrogen and oxygen atoms in total. The number of halogens is 2. The van der Waals surface area contributed by atoms with Gasteiger partial charge in [-0.1, -0.05) is 42.3 Å². The molecule has 0 amide bonds. The Morgan fingerprint density at radius 3 is 2.79 bits per heavy atom. The minimum Gasteiger partial charge on any atom is -0.493 e. The minimum atomic E-state index is 0.554. The molecule has 3 aromatic rings. The van der Waals surface area contributed by atoms with Crippen molar-refractivity contribution in [2.75, 3.05) is 6.61 Å². The molecule has 1 aliphatic rings. The maximum absolute atomic E-state index is 6.15. The van der Waals surface area contributed by atoms with Crippen molar-refractivity contribution in [2.24, 2.45) is 0 Å². The molecule has 28 heavy (non-hydrogen) atoms. The fraction of sp³-hybridized carbons (Fsp3) is 0.348. The van der Waals surface area contributed by atoms with E-state index in [1.165, 1.54) is 35.3 Å². The van der Waals surface area contributed by atoms with E-state index in [0.717, 1.165) is 34.4 Å². The zero-order valence-corrected chi connectivity index (χ0v) is 18.4. The van der Waals surface area contributed by atoms with Crippen LogP contribution in [0.25, 0.3) is 10.6 Å². The highest BCUT2D eigenvalue weighted by Gasteiger charge is 2.21. The molecule has 0 fully saturated rings. The van der Waals surface area contributed by atoms with Gasteiger partial charge in [-0.05, 0) is 67.5 Å². The van der Waals surface area contributed by atoms with E-state index in [1.54, 1.807) is 11.3 Å². The molecule has 1 aliphatic carbocycles. The number of aromatic nitrogens is 1. The number of ether oxygens (including phenoxy) is 1. The Morgan fingerprint density at radius 2 is 2.00 bits per heavy atom. The van der Waals surface area contributed by atoms with Crippen LogP contribution in [0, 0.1) is 6.92 Å². The molecule has 0 unspecified atom stereocenters. The molecule has 1 aromatic heterocycles. The van der Waals surface area contributed by atoms with Crippen LogP contribution in [0.5, 0.6) is 5.75 Å². The summed E-state index contributed by atoms with van der Waals surface area (Å²) in [4.78, 5) is 6.01. The molecule has 4 rings (SSSR count). The Labute approximate surface area is 180 Å². The van der Waals surface area contributed by atoms with Crippen LogP contribution in [0.2, 0.25) is 10.0 Å². The number of hydrogen-bond acceptors (Lipinski definition) is 3. The third-order valence-corrected chi connectivity index (χ3v) is 7.28. The monoisotopic (exact) mass is 431 g/mol. The predicted octanol–water partition coefficient (Wildman–Crippen LogP) is 7.49. The first-order chi connectivity index (χ1) is 13.5. The highest BCUT2D eigenvalue weighted by atomic mass is 35.5. The fourth-order valence-corrected chi connectivity index (χ4v) is 5.13. The average molecular weight is 432 g/mol. The van der Waals surface area contributed by atoms with Crippen molar-refractivity contribution in [3.05, 3.63) is 68.1 Å². The van der Waals surface area contributed by atoms with Gasteiger partial charge in [0.2, 0.25) is 0 Å². The molecular formula is C23H23Cl2NOS. The summed E-state index contributed by atoms with van der Waals surface area (Å²) >= 11 is 13.8. The van der Waals surface area contributed by atoms with E-state index in [4.69, 9.17) is 32.9 Å². The Hall–Kier alpha value is -1.55. The topological polar surface area (TPSA) is 22.1 Å². The van der Waals surface area contributed by atoms with E-state index in [9.17, 15) is 0 Å². The second-order valence-corrected chi connectivity index (χ2v) is 9.27. The SMILES string of the molecule is CC[C@@H]1CCc2cc(OCCc3nc(-c4ccc(Cl)c(Cl)c4)sc3C)ccc21. The number of hydrogen-bond donors (Lipinski definition) is 0. The number of rotatable bonds is 6. The number of benzene rings is 2. The molecule has 146 valence electrons. The van der Waals surface area contributed by atoms with Crippen molar-refractivity contribution in [3.8, 4) is 16.3 Å². The van der Waals surface area contributed by atoms with Gasteiger partial charge in [0.05, 0.1) is 22.3 Å². The zero-order chi connectivity index (χ0) is 19.7. The average Bonchev–Trinajstić information content (AvgIpc) is 3.27. The van der Waals surface area contributed by atoms with Gasteiger partial charge in [-0.15, -0.1) is 11.3 Å². The van der Waals surface area contributed by atoms with Crippen LogP contribution in [-0.4, -0.2) is 11.6 Å². The van der Waals surface area contributed by atoms with Crippen LogP contribution in [0.1, 0.15) is 47.4 Å². The molecule has 1 atom stereocenters. The lowest BCUT2D eigenvalue weighted by Gasteiger charge is -2.10. The van der Waals surface area contributed by atoms with Crippen molar-refractivity contribution in [1.29, 1.82) is 0 Å². The molecule has 5 heteroatoms. The maximum Gasteiger partial charge on any atom is 0.123 e. The normalized spacial score (nSPS) is 15.6. The number of thiazole rings is 1. The quantitative estimate of drug-likeness (QED) is 0.403. The molecule has 0 radical (unpaired) electrons. The van der Waals surface area contributed by atoms with Crippen LogP contribution in [-0.2, 0) is 12.8 Å². The van der Waals surface area contributed by atoms with Crippen molar-refractivity contribution in [3.63, 3.8) is 0 Å². The molecule has 0 aliphatic heterocycles. The van der Waals surface area contributed by atoms with E-state index in [-0.39, 0.29) is 0 Å². The standard InChI is InChI=1S/C23H23Cl2NOS/c1-3-15-4-5-16-12-18(7-8-19(15)16)27-11-10-22-14(2)28-23(26-22)17-6-9-20(24)21(25)13-17/h6-9,12-13,15H,3-5,10-11H2,1-2H3/t15-/m1/s1. The summed E-state index contributed by atoms with van der Waals surface area (Å²) in [6.07, 6.45) is 4.45. The highest BCUT2D eigenvalue weighted by Crippen LogP contribution is 2.37. The minimum absolute atomic E-state index is 0.554. The lowest BCUT2D eigenvalue weighted by atomic mass is 9.99. The molecule has 0 N–H and O–H groups in total. The van der Waals surface area contributed by atoms with Gasteiger partial charge in [0.25, 0.3) is 0 Å². The van der Waals surface area contributed by atoms with Gasteiger partial charge in [-0.3, -0.25) is 0 Å². The second kappa shape index (κ2) is 8.44. The fourth-order valence-electron chi connectivity index (χ4n) is 3.87. The highest BCUT2D eigenvalue weighted by molar-refractivity contribution is 7.15. The van der Waals surface area contributed by atoms with Crippen LogP contribution < -0.4 is 4.74 Å². The molecule has 0 spiro atoms. The van der Waals surface area contributed by atoms with E-state index >= 15 is 0 Å². The maximum atomic E-state index is 6.15. The van der Waals surface area contributed by atoms with Crippen LogP contribution in [0.3, 0.4) is 0 Å². The van der Waals surface area contributed by atoms with Crippen LogP contribution in [0.4, 0.5) is 0 Å². The van der Waals surface area contributed by atoms with E-state index < -0.39 is 0 Å². The third kappa shape index (κ3) is 4.07. The van der Waals surface area contributed by atoms with Crippen molar-refractivity contribution >= 4 is 34.5 Å². The molecule has 0 saturated carbocycles. The third-order valence-electron chi connectivity index (χ3n) is 5.48. The van der Waals surface area contributed by atoms with Crippen molar-refractivity contribution in [2.45, 2.75) is 45.4 Å². The summed E-state index contributed by atoms with van der Waals surface area (Å²) in [6.45, 7) is 5.00. The first-order valence-electron chi connectivity index (χ1n) is 9.72. The summed E-state index contributed by atoms with van der Waals surface area (Å²) in [5.74, 6) is 1.69. The Kier molecular flexibility index (Phi) is 5.96. The summed E-state index contributed by atoms with van der Waals surface area (Å²) in [5, 5.41) is 2.08. The van der Waals surface area contributed by atoms with E-state index in [1.807, 2.05) is 18.2 Å². The molecule has 2 aromatic carbocycles. The van der Waals surface area contributed by atoms with Crippen molar-refractivity contribution < 1.29 is 4.74 Å². The van der Waals surface area contributed by atoms with Gasteiger partial charge in [-0.25, -0.2) is 4.98 Å². The van der Waals surface area contributed by atoms with Gasteiger partial charge >= 0.3 is 0 Å². The number of nitrogens with zero attached hydrogens (tertiary/aromatic N) is 1. The predicted molar refractivity (Wildman–Crippen MR) is 119 cm³/mol. The lowest BCUT2D eigenvalue weighted by Crippen LogP contribution is -2.03. The van der Waals surface area contributed by atoms with E-state index in [0.29, 0.717) is 16.7 Å². The Morgan fingerprint density at radius 1 is 1.14 bits per heavy atom. The Balaban J connectivity index is 1.41. The number of fused-ring (bicyclic) bond motifs is 1. The number of aryl methyl sites for hydroxylation is 2.